The van der Waals surface area contributed by atoms with Gasteiger partial charge in [-0.3, -0.25) is 0 Å². The Morgan fingerprint density at radius 2 is 2.18 bits per heavy atom. The molecule has 0 saturated carbocycles. The van der Waals surface area contributed by atoms with Gasteiger partial charge in [-0.05, 0) is 40.5 Å². The predicted octanol–water partition coefficient (Wildman–Crippen LogP) is 3.58. The maximum Gasteiger partial charge on any atom is 0.238 e. The van der Waals surface area contributed by atoms with E-state index < -0.39 is 0 Å². The number of nitrogen functional groups attached to an aromatic ring is 1. The van der Waals surface area contributed by atoms with Crippen LogP contribution in [0.3, 0.4) is 0 Å². The average Bonchev–Trinajstić information content (AvgIpc) is 2.28. The molecule has 17 heavy (non-hydrogen) atoms. The van der Waals surface area contributed by atoms with Crippen molar-refractivity contribution in [2.75, 3.05) is 5.73 Å². The Morgan fingerprint density at radius 3 is 2.94 bits per heavy atom. The van der Waals surface area contributed by atoms with Gasteiger partial charge in [-0.15, -0.1) is 0 Å². The zero-order chi connectivity index (χ0) is 12.4. The van der Waals surface area contributed by atoms with E-state index in [9.17, 15) is 0 Å². The summed E-state index contributed by atoms with van der Waals surface area (Å²) in [7, 11) is 0. The second kappa shape index (κ2) is 4.89. The van der Waals surface area contributed by atoms with Crippen LogP contribution in [0.1, 0.15) is 5.56 Å². The van der Waals surface area contributed by atoms with E-state index in [0.717, 1.165) is 5.56 Å². The number of halogens is 2. The molecule has 0 aliphatic rings. The number of hydrogen-bond acceptors (Lipinski definition) is 4. The smallest absolute Gasteiger partial charge is 0.238 e. The molecule has 1 aromatic carbocycles. The van der Waals surface area contributed by atoms with Crippen molar-refractivity contribution in [1.82, 2.24) is 9.97 Å². The van der Waals surface area contributed by atoms with Crippen LogP contribution in [0.4, 0.5) is 5.95 Å². The molecule has 0 saturated heterocycles. The lowest BCUT2D eigenvalue weighted by Gasteiger charge is -2.09. The second-order valence-electron chi connectivity index (χ2n) is 3.39. The molecule has 2 aromatic rings. The first-order valence-electron chi connectivity index (χ1n) is 4.78. The van der Waals surface area contributed by atoms with Gasteiger partial charge in [-0.2, -0.15) is 4.98 Å². The zero-order valence-electron chi connectivity index (χ0n) is 8.95. The Labute approximate surface area is 112 Å². The fourth-order valence-corrected chi connectivity index (χ4v) is 1.66. The van der Waals surface area contributed by atoms with Gasteiger partial charge in [0, 0.05) is 5.02 Å². The van der Waals surface area contributed by atoms with Crippen molar-refractivity contribution in [1.29, 1.82) is 0 Å². The van der Waals surface area contributed by atoms with E-state index in [2.05, 4.69) is 25.9 Å². The summed E-state index contributed by atoms with van der Waals surface area (Å²) in [6.45, 7) is 1.92. The van der Waals surface area contributed by atoms with E-state index in [4.69, 9.17) is 22.1 Å². The number of aryl methyl sites for hydroxylation is 1. The lowest BCUT2D eigenvalue weighted by molar-refractivity contribution is 0.456. The fourth-order valence-electron chi connectivity index (χ4n) is 1.22. The molecule has 0 spiro atoms. The molecule has 0 unspecified atom stereocenters. The third-order valence-corrected chi connectivity index (χ3v) is 2.87. The molecule has 0 amide bonds. The fraction of sp³-hybridized carbons (Fsp3) is 0.0909. The van der Waals surface area contributed by atoms with Crippen LogP contribution in [0.25, 0.3) is 0 Å². The average molecular weight is 315 g/mol. The summed E-state index contributed by atoms with van der Waals surface area (Å²) in [5, 5.41) is 0.601. The van der Waals surface area contributed by atoms with Gasteiger partial charge in [0.15, 0.2) is 0 Å². The first-order chi connectivity index (χ1) is 8.06. The van der Waals surface area contributed by atoms with Crippen molar-refractivity contribution >= 4 is 33.5 Å². The highest BCUT2D eigenvalue weighted by molar-refractivity contribution is 9.10. The standard InChI is InChI=1S/C11H9BrClN3O/c1-6-2-3-7(13)4-9(6)17-10-8(12)5-15-11(14)16-10/h2-5H,1H3,(H2,14,15,16). The van der Waals surface area contributed by atoms with Gasteiger partial charge in [0.25, 0.3) is 0 Å². The summed E-state index contributed by atoms with van der Waals surface area (Å²) in [6.07, 6.45) is 1.54. The minimum Gasteiger partial charge on any atom is -0.437 e. The third kappa shape index (κ3) is 2.87. The molecule has 2 rings (SSSR count). The molecule has 0 aliphatic heterocycles. The van der Waals surface area contributed by atoms with E-state index in [1.807, 2.05) is 13.0 Å². The maximum absolute atomic E-state index is 5.90. The Bertz CT molecular complexity index is 513. The normalized spacial score (nSPS) is 10.3. The number of hydrogen-bond donors (Lipinski definition) is 1. The summed E-state index contributed by atoms with van der Waals surface area (Å²) in [5.74, 6) is 1.15. The van der Waals surface area contributed by atoms with Gasteiger partial charge in [0.05, 0.1) is 10.7 Å². The molecular weight excluding hydrogens is 305 g/mol. The molecule has 2 N–H and O–H groups in total. The summed E-state index contributed by atoms with van der Waals surface area (Å²) >= 11 is 9.20. The molecule has 0 atom stereocenters. The molecule has 0 radical (unpaired) electrons. The van der Waals surface area contributed by atoms with Crippen molar-refractivity contribution in [3.63, 3.8) is 0 Å². The molecule has 88 valence electrons. The van der Waals surface area contributed by atoms with Crippen molar-refractivity contribution in [2.24, 2.45) is 0 Å². The Kier molecular flexibility index (Phi) is 3.49. The molecule has 4 nitrogen and oxygen atoms in total. The minimum absolute atomic E-state index is 0.155. The van der Waals surface area contributed by atoms with Crippen LogP contribution in [0.15, 0.2) is 28.9 Å². The van der Waals surface area contributed by atoms with Crippen LogP contribution in [0.2, 0.25) is 5.02 Å². The van der Waals surface area contributed by atoms with Crippen LogP contribution < -0.4 is 10.5 Å². The summed E-state index contributed by atoms with van der Waals surface area (Å²) in [4.78, 5) is 7.83. The molecule has 6 heteroatoms. The van der Waals surface area contributed by atoms with Crippen LogP contribution in [-0.2, 0) is 0 Å². The van der Waals surface area contributed by atoms with Gasteiger partial charge >= 0.3 is 0 Å². The van der Waals surface area contributed by atoms with Crippen molar-refractivity contribution in [2.45, 2.75) is 6.92 Å². The monoisotopic (exact) mass is 313 g/mol. The summed E-state index contributed by atoms with van der Waals surface area (Å²) in [5.41, 5.74) is 6.46. The van der Waals surface area contributed by atoms with Crippen molar-refractivity contribution < 1.29 is 4.74 Å². The topological polar surface area (TPSA) is 61.0 Å². The lowest BCUT2D eigenvalue weighted by atomic mass is 10.2. The number of ether oxygens (including phenoxy) is 1. The maximum atomic E-state index is 5.90. The van der Waals surface area contributed by atoms with E-state index in [0.29, 0.717) is 21.1 Å². The number of anilines is 1. The molecule has 0 fully saturated rings. The summed E-state index contributed by atoms with van der Waals surface area (Å²) < 4.78 is 6.27. The van der Waals surface area contributed by atoms with Crippen LogP contribution in [-0.4, -0.2) is 9.97 Å². The Balaban J connectivity index is 2.37. The highest BCUT2D eigenvalue weighted by atomic mass is 79.9. The van der Waals surface area contributed by atoms with Gasteiger partial charge in [0.2, 0.25) is 11.8 Å². The number of nitrogens with two attached hydrogens (primary N) is 1. The van der Waals surface area contributed by atoms with Gasteiger partial charge in [-0.25, -0.2) is 4.98 Å². The van der Waals surface area contributed by atoms with Crippen LogP contribution in [0.5, 0.6) is 11.6 Å². The molecule has 0 aliphatic carbocycles. The number of nitrogens with zero attached hydrogens (tertiary/aromatic N) is 2. The minimum atomic E-state index is 0.155. The molecule has 1 heterocycles. The van der Waals surface area contributed by atoms with E-state index >= 15 is 0 Å². The first kappa shape index (κ1) is 12.1. The van der Waals surface area contributed by atoms with Crippen molar-refractivity contribution in [3.8, 4) is 11.6 Å². The van der Waals surface area contributed by atoms with Gasteiger partial charge < -0.3 is 10.5 Å². The quantitative estimate of drug-likeness (QED) is 0.920. The SMILES string of the molecule is Cc1ccc(Cl)cc1Oc1nc(N)ncc1Br. The zero-order valence-corrected chi connectivity index (χ0v) is 11.3. The Morgan fingerprint density at radius 1 is 1.41 bits per heavy atom. The molecule has 1 aromatic heterocycles. The third-order valence-electron chi connectivity index (χ3n) is 2.09. The molecular formula is C11H9BrClN3O. The highest BCUT2D eigenvalue weighted by Crippen LogP contribution is 2.31. The largest absolute Gasteiger partial charge is 0.437 e. The summed E-state index contributed by atoms with van der Waals surface area (Å²) in [6, 6.07) is 5.39. The lowest BCUT2D eigenvalue weighted by Crippen LogP contribution is -1.98. The number of aromatic nitrogens is 2. The number of rotatable bonds is 2. The molecule has 0 bridgehead atoms. The van der Waals surface area contributed by atoms with Crippen LogP contribution >= 0.6 is 27.5 Å². The Hall–Kier alpha value is -1.33. The number of benzene rings is 1. The van der Waals surface area contributed by atoms with Gasteiger partial charge in [-0.1, -0.05) is 17.7 Å². The van der Waals surface area contributed by atoms with E-state index in [1.54, 1.807) is 12.1 Å². The van der Waals surface area contributed by atoms with Crippen molar-refractivity contribution in [3.05, 3.63) is 39.5 Å². The van der Waals surface area contributed by atoms with Crippen LogP contribution in [0, 0.1) is 6.92 Å². The van der Waals surface area contributed by atoms with E-state index in [1.165, 1.54) is 6.20 Å². The predicted molar refractivity (Wildman–Crippen MR) is 70.4 cm³/mol. The first-order valence-corrected chi connectivity index (χ1v) is 5.95. The second-order valence-corrected chi connectivity index (χ2v) is 4.68. The highest BCUT2D eigenvalue weighted by Gasteiger charge is 2.08. The van der Waals surface area contributed by atoms with Gasteiger partial charge in [0.1, 0.15) is 5.75 Å². The van der Waals surface area contributed by atoms with E-state index in [-0.39, 0.29) is 5.95 Å².